The molecule has 1 N–H and O–H groups in total. The standard InChI is InChI=1S/C27H29FN2O9S/c1-35-22-11-17(27(32)39-5)20(13-24(22)37-3)29-26(31)18-12-23(36-2)25(38-4)14-21(18)30(40(6,33)34)15-16-9-7-8-10-19(16)28/h7-14H,15H2,1-6H3,(H,29,31). The minimum atomic E-state index is -4.07. The van der Waals surface area contributed by atoms with Crippen molar-refractivity contribution in [2.75, 3.05) is 51.4 Å². The van der Waals surface area contributed by atoms with Gasteiger partial charge in [-0.15, -0.1) is 0 Å². The molecule has 3 aromatic rings. The van der Waals surface area contributed by atoms with E-state index in [2.05, 4.69) is 5.32 Å². The van der Waals surface area contributed by atoms with Crippen LogP contribution >= 0.6 is 0 Å². The third-order valence-electron chi connectivity index (χ3n) is 5.86. The molecule has 0 aliphatic heterocycles. The maximum absolute atomic E-state index is 14.5. The smallest absolute Gasteiger partial charge is 0.340 e. The van der Waals surface area contributed by atoms with E-state index >= 15 is 0 Å². The molecule has 0 aliphatic carbocycles. The molecule has 3 rings (SSSR count). The van der Waals surface area contributed by atoms with Crippen LogP contribution in [0.3, 0.4) is 0 Å². The number of anilines is 2. The zero-order valence-electron chi connectivity index (χ0n) is 22.7. The van der Waals surface area contributed by atoms with E-state index in [1.165, 1.54) is 78.0 Å². The molecule has 0 aliphatic rings. The van der Waals surface area contributed by atoms with Gasteiger partial charge in [-0.1, -0.05) is 18.2 Å². The topological polar surface area (TPSA) is 130 Å². The maximum atomic E-state index is 14.5. The molecule has 0 fully saturated rings. The zero-order valence-corrected chi connectivity index (χ0v) is 23.6. The molecule has 0 saturated carbocycles. The Balaban J connectivity index is 2.22. The molecular weight excluding hydrogens is 547 g/mol. The van der Waals surface area contributed by atoms with Gasteiger partial charge in [-0.25, -0.2) is 17.6 Å². The highest BCUT2D eigenvalue weighted by Gasteiger charge is 2.28. The van der Waals surface area contributed by atoms with Gasteiger partial charge in [0, 0.05) is 23.8 Å². The van der Waals surface area contributed by atoms with Crippen molar-refractivity contribution in [3.8, 4) is 23.0 Å². The van der Waals surface area contributed by atoms with Crippen molar-refractivity contribution in [2.24, 2.45) is 0 Å². The highest BCUT2D eigenvalue weighted by atomic mass is 32.2. The van der Waals surface area contributed by atoms with Crippen LogP contribution in [0.4, 0.5) is 15.8 Å². The van der Waals surface area contributed by atoms with Crippen LogP contribution in [0, 0.1) is 5.82 Å². The molecule has 3 aromatic carbocycles. The third kappa shape index (κ3) is 6.37. The van der Waals surface area contributed by atoms with Gasteiger partial charge in [0.25, 0.3) is 5.91 Å². The predicted molar refractivity (Wildman–Crippen MR) is 146 cm³/mol. The number of ether oxygens (including phenoxy) is 5. The second kappa shape index (κ2) is 12.6. The first kappa shape index (κ1) is 30.0. The van der Waals surface area contributed by atoms with Crippen LogP contribution in [0.5, 0.6) is 23.0 Å². The van der Waals surface area contributed by atoms with Crippen LogP contribution in [-0.2, 0) is 21.3 Å². The molecule has 0 saturated heterocycles. The van der Waals surface area contributed by atoms with E-state index in [9.17, 15) is 22.4 Å². The van der Waals surface area contributed by atoms with Crippen LogP contribution in [0.2, 0.25) is 0 Å². The van der Waals surface area contributed by atoms with Crippen LogP contribution in [0.1, 0.15) is 26.3 Å². The van der Waals surface area contributed by atoms with E-state index in [1.54, 1.807) is 6.07 Å². The Bertz CT molecular complexity index is 1530. The molecule has 0 radical (unpaired) electrons. The number of halogens is 1. The molecule has 0 aromatic heterocycles. The quantitative estimate of drug-likeness (QED) is 0.338. The summed E-state index contributed by atoms with van der Waals surface area (Å²) in [6.45, 7) is -0.426. The summed E-state index contributed by atoms with van der Waals surface area (Å²) in [5.74, 6) is -1.57. The first-order valence-electron chi connectivity index (χ1n) is 11.6. The summed E-state index contributed by atoms with van der Waals surface area (Å²) in [5.41, 5.74) is -0.287. The van der Waals surface area contributed by atoms with Gasteiger partial charge >= 0.3 is 5.97 Å². The molecule has 13 heteroatoms. The molecule has 0 atom stereocenters. The Labute approximate surface area is 231 Å². The van der Waals surface area contributed by atoms with Crippen molar-refractivity contribution in [3.63, 3.8) is 0 Å². The summed E-state index contributed by atoms with van der Waals surface area (Å²) in [6, 6.07) is 10.9. The van der Waals surface area contributed by atoms with E-state index < -0.39 is 34.3 Å². The van der Waals surface area contributed by atoms with E-state index in [0.29, 0.717) is 0 Å². The van der Waals surface area contributed by atoms with Crippen molar-refractivity contribution < 1.29 is 46.1 Å². The third-order valence-corrected chi connectivity index (χ3v) is 6.99. The van der Waals surface area contributed by atoms with Gasteiger partial charge in [0.2, 0.25) is 10.0 Å². The average Bonchev–Trinajstić information content (AvgIpc) is 2.94. The minimum absolute atomic E-state index is 0.00440. The molecule has 214 valence electrons. The number of amides is 1. The monoisotopic (exact) mass is 576 g/mol. The normalized spacial score (nSPS) is 10.9. The van der Waals surface area contributed by atoms with Gasteiger partial charge < -0.3 is 29.0 Å². The number of carbonyl (C=O) groups excluding carboxylic acids is 2. The fourth-order valence-corrected chi connectivity index (χ4v) is 4.75. The van der Waals surface area contributed by atoms with Crippen LogP contribution in [-0.4, -0.2) is 62.1 Å². The van der Waals surface area contributed by atoms with Gasteiger partial charge in [0.1, 0.15) is 5.82 Å². The van der Waals surface area contributed by atoms with Gasteiger partial charge in [0.05, 0.1) is 70.9 Å². The molecule has 1 amide bonds. The SMILES string of the molecule is COC(=O)c1cc(OC)c(OC)cc1NC(=O)c1cc(OC)c(OC)cc1N(Cc1ccccc1F)S(C)(=O)=O. The van der Waals surface area contributed by atoms with Crippen molar-refractivity contribution in [1.82, 2.24) is 0 Å². The number of nitrogens with one attached hydrogen (secondary N) is 1. The van der Waals surface area contributed by atoms with Crippen LogP contribution < -0.4 is 28.6 Å². The maximum Gasteiger partial charge on any atom is 0.340 e. The van der Waals surface area contributed by atoms with Crippen molar-refractivity contribution in [1.29, 1.82) is 0 Å². The number of carbonyl (C=O) groups is 2. The fraction of sp³-hybridized carbons (Fsp3) is 0.259. The second-order valence-corrected chi connectivity index (χ2v) is 10.2. The highest BCUT2D eigenvalue weighted by molar-refractivity contribution is 7.92. The molecule has 0 heterocycles. The van der Waals surface area contributed by atoms with Gasteiger partial charge in [-0.3, -0.25) is 9.10 Å². The predicted octanol–water partition coefficient (Wildman–Crippen LogP) is 3.87. The van der Waals surface area contributed by atoms with Crippen molar-refractivity contribution in [2.45, 2.75) is 6.54 Å². The summed E-state index contributed by atoms with van der Waals surface area (Å²) in [7, 11) is 2.54. The lowest BCUT2D eigenvalue weighted by atomic mass is 10.1. The second-order valence-electron chi connectivity index (χ2n) is 8.28. The van der Waals surface area contributed by atoms with E-state index in [4.69, 9.17) is 23.7 Å². The first-order chi connectivity index (χ1) is 19.0. The lowest BCUT2D eigenvalue weighted by molar-refractivity contribution is 0.0601. The fourth-order valence-electron chi connectivity index (χ4n) is 3.87. The van der Waals surface area contributed by atoms with Gasteiger partial charge in [0.15, 0.2) is 23.0 Å². The molecule has 0 spiro atoms. The summed E-state index contributed by atoms with van der Waals surface area (Å²) < 4.78 is 67.4. The number of hydrogen-bond acceptors (Lipinski definition) is 9. The van der Waals surface area contributed by atoms with Crippen LogP contribution in [0.25, 0.3) is 0 Å². The first-order valence-corrected chi connectivity index (χ1v) is 13.5. The molecule has 11 nitrogen and oxygen atoms in total. The molecular formula is C27H29FN2O9S. The van der Waals surface area contributed by atoms with Crippen LogP contribution in [0.15, 0.2) is 48.5 Å². The lowest BCUT2D eigenvalue weighted by Gasteiger charge is -2.26. The number of rotatable bonds is 11. The number of nitrogens with zero attached hydrogens (tertiary/aromatic N) is 1. The van der Waals surface area contributed by atoms with Gasteiger partial charge in [-0.05, 0) is 12.1 Å². The lowest BCUT2D eigenvalue weighted by Crippen LogP contribution is -2.32. The Morgan fingerprint density at radius 1 is 0.825 bits per heavy atom. The van der Waals surface area contributed by atoms with Crippen molar-refractivity contribution >= 4 is 33.3 Å². The summed E-state index contributed by atoms with van der Waals surface area (Å²) in [6.07, 6.45) is 0.927. The van der Waals surface area contributed by atoms with E-state index in [0.717, 1.165) is 10.6 Å². The Hall–Kier alpha value is -4.52. The van der Waals surface area contributed by atoms with E-state index in [-0.39, 0.29) is 51.1 Å². The van der Waals surface area contributed by atoms with Crippen molar-refractivity contribution in [3.05, 3.63) is 71.0 Å². The number of methoxy groups -OCH3 is 5. The largest absolute Gasteiger partial charge is 0.493 e. The summed E-state index contributed by atoms with van der Waals surface area (Å²) >= 11 is 0. The highest BCUT2D eigenvalue weighted by Crippen LogP contribution is 2.39. The molecule has 0 bridgehead atoms. The minimum Gasteiger partial charge on any atom is -0.493 e. The summed E-state index contributed by atoms with van der Waals surface area (Å²) in [5, 5.41) is 2.61. The Kier molecular flexibility index (Phi) is 9.43. The Morgan fingerprint density at radius 2 is 1.35 bits per heavy atom. The number of esters is 1. The average molecular weight is 577 g/mol. The zero-order chi connectivity index (χ0) is 29.6. The number of benzene rings is 3. The molecule has 40 heavy (non-hydrogen) atoms. The van der Waals surface area contributed by atoms with E-state index in [1.807, 2.05) is 0 Å². The Morgan fingerprint density at radius 3 is 1.88 bits per heavy atom. The summed E-state index contributed by atoms with van der Waals surface area (Å²) in [4.78, 5) is 26.3. The number of sulfonamides is 1. The molecule has 0 unspecified atom stereocenters. The van der Waals surface area contributed by atoms with Gasteiger partial charge in [-0.2, -0.15) is 0 Å². The number of hydrogen-bond donors (Lipinski definition) is 1.